The van der Waals surface area contributed by atoms with E-state index >= 15 is 0 Å². The molecule has 3 rings (SSSR count). The van der Waals surface area contributed by atoms with Crippen molar-refractivity contribution in [3.05, 3.63) is 30.3 Å². The van der Waals surface area contributed by atoms with Gasteiger partial charge in [-0.2, -0.15) is 5.10 Å². The fourth-order valence-electron chi connectivity index (χ4n) is 3.35. The minimum absolute atomic E-state index is 0.114. The van der Waals surface area contributed by atoms with Gasteiger partial charge in [-0.25, -0.2) is 18.1 Å². The monoisotopic (exact) mass is 361 g/mol. The fraction of sp³-hybridized carbons (Fsp3) is 0.412. The van der Waals surface area contributed by atoms with Crippen LogP contribution in [0, 0.1) is 0 Å². The maximum absolute atomic E-state index is 13.2. The van der Waals surface area contributed by atoms with Crippen molar-refractivity contribution in [2.75, 3.05) is 18.9 Å². The average molecular weight is 361 g/mol. The normalized spacial score (nSPS) is 20.1. The number of rotatable bonds is 5. The molecule has 0 amide bonds. The molecule has 1 aromatic carbocycles. The Bertz CT molecular complexity index is 918. The van der Waals surface area contributed by atoms with Gasteiger partial charge in [0.05, 0.1) is 10.4 Å². The third kappa shape index (κ3) is 2.85. The largest absolute Gasteiger partial charge is 0.371 e. The maximum Gasteiger partial charge on any atom is 0.214 e. The molecule has 1 aliphatic rings. The van der Waals surface area contributed by atoms with Gasteiger partial charge in [-0.1, -0.05) is 18.2 Å². The van der Waals surface area contributed by atoms with E-state index in [1.807, 2.05) is 13.8 Å². The summed E-state index contributed by atoms with van der Waals surface area (Å²) in [6.07, 6.45) is 1.37. The molecule has 0 spiro atoms. The Morgan fingerprint density at radius 1 is 1.32 bits per heavy atom. The first-order chi connectivity index (χ1) is 11.8. The highest BCUT2D eigenvalue weighted by Gasteiger charge is 2.39. The lowest BCUT2D eigenvalue weighted by Crippen LogP contribution is -2.37. The lowest BCUT2D eigenvalue weighted by molar-refractivity contribution is 0.276. The Morgan fingerprint density at radius 2 is 2.00 bits per heavy atom. The van der Waals surface area contributed by atoms with Gasteiger partial charge < -0.3 is 11.1 Å². The van der Waals surface area contributed by atoms with Gasteiger partial charge in [0.15, 0.2) is 16.5 Å². The average Bonchev–Trinajstić information content (AvgIpc) is 2.95. The van der Waals surface area contributed by atoms with Gasteiger partial charge in [-0.05, 0) is 38.9 Å². The van der Waals surface area contributed by atoms with Gasteiger partial charge in [0.1, 0.15) is 0 Å². The molecule has 2 aromatic rings. The molecule has 1 unspecified atom stereocenters. The summed E-state index contributed by atoms with van der Waals surface area (Å²) in [5, 5.41) is 7.44. The molecule has 1 atom stereocenters. The van der Waals surface area contributed by atoms with Crippen LogP contribution in [0.5, 0.6) is 0 Å². The van der Waals surface area contributed by atoms with Crippen molar-refractivity contribution >= 4 is 27.2 Å². The predicted molar refractivity (Wildman–Crippen MR) is 98.4 cm³/mol. The van der Waals surface area contributed by atoms with Crippen LogP contribution in [0.15, 0.2) is 45.1 Å². The number of benzene rings is 1. The van der Waals surface area contributed by atoms with Crippen molar-refractivity contribution in [1.82, 2.24) is 9.78 Å². The summed E-state index contributed by atoms with van der Waals surface area (Å²) in [6.45, 7) is 4.43. The standard InChI is InChI=1S/C17H23N5O2S/c1-12-11-17(2,9-10-18)22-16(20-12)14(15(19-3)21-22)25(23,24)13-7-5-4-6-8-13/h4-8H,9-11,18H2,1-3H3,(H,19,21). The van der Waals surface area contributed by atoms with Crippen LogP contribution < -0.4 is 11.1 Å². The third-order valence-corrected chi connectivity index (χ3v) is 6.31. The highest BCUT2D eigenvalue weighted by molar-refractivity contribution is 7.91. The van der Waals surface area contributed by atoms with Crippen molar-refractivity contribution in [2.24, 2.45) is 10.7 Å². The summed E-state index contributed by atoms with van der Waals surface area (Å²) in [4.78, 5) is 4.88. The first-order valence-electron chi connectivity index (χ1n) is 8.19. The molecule has 8 heteroatoms. The number of nitrogens with one attached hydrogen (secondary N) is 1. The van der Waals surface area contributed by atoms with Crippen LogP contribution in [0.4, 0.5) is 11.6 Å². The molecule has 0 bridgehead atoms. The molecule has 3 N–H and O–H groups in total. The van der Waals surface area contributed by atoms with Crippen LogP contribution in [0.2, 0.25) is 0 Å². The Labute approximate surface area is 147 Å². The van der Waals surface area contributed by atoms with Crippen LogP contribution in [0.3, 0.4) is 0 Å². The Morgan fingerprint density at radius 3 is 2.60 bits per heavy atom. The lowest BCUT2D eigenvalue weighted by Gasteiger charge is -2.33. The third-order valence-electron chi connectivity index (χ3n) is 4.51. The maximum atomic E-state index is 13.2. The van der Waals surface area contributed by atoms with E-state index in [4.69, 9.17) is 5.73 Å². The number of fused-ring (bicyclic) bond motifs is 1. The quantitative estimate of drug-likeness (QED) is 0.851. The first kappa shape index (κ1) is 17.6. The smallest absolute Gasteiger partial charge is 0.214 e. The van der Waals surface area contributed by atoms with Crippen LogP contribution in [0.1, 0.15) is 26.7 Å². The van der Waals surface area contributed by atoms with Crippen molar-refractivity contribution in [1.29, 1.82) is 0 Å². The number of aliphatic imine (C=N–C) groups is 1. The summed E-state index contributed by atoms with van der Waals surface area (Å²) in [5.74, 6) is 0.674. The predicted octanol–water partition coefficient (Wildman–Crippen LogP) is 2.32. The first-order valence-corrected chi connectivity index (χ1v) is 9.67. The van der Waals surface area contributed by atoms with Gasteiger partial charge in [0.25, 0.3) is 0 Å². The van der Waals surface area contributed by atoms with E-state index < -0.39 is 15.4 Å². The molecule has 7 nitrogen and oxygen atoms in total. The van der Waals surface area contributed by atoms with Gasteiger partial charge in [0, 0.05) is 19.2 Å². The molecule has 1 aliphatic heterocycles. The number of hydrogen-bond donors (Lipinski definition) is 2. The van der Waals surface area contributed by atoms with Crippen molar-refractivity contribution in [3.8, 4) is 0 Å². The second-order valence-electron chi connectivity index (χ2n) is 6.54. The molecule has 0 saturated heterocycles. The molecule has 134 valence electrons. The molecule has 2 heterocycles. The Hall–Kier alpha value is -2.19. The van der Waals surface area contributed by atoms with Crippen molar-refractivity contribution in [3.63, 3.8) is 0 Å². The summed E-state index contributed by atoms with van der Waals surface area (Å²) in [7, 11) is -2.09. The highest BCUT2D eigenvalue weighted by atomic mass is 32.2. The number of nitrogens with zero attached hydrogens (tertiary/aromatic N) is 3. The molecule has 0 radical (unpaired) electrons. The minimum Gasteiger partial charge on any atom is -0.371 e. The van der Waals surface area contributed by atoms with Gasteiger partial charge in [-0.3, -0.25) is 0 Å². The van der Waals surface area contributed by atoms with Crippen LogP contribution in [-0.4, -0.2) is 37.5 Å². The highest BCUT2D eigenvalue weighted by Crippen LogP contribution is 2.43. The lowest BCUT2D eigenvalue weighted by atomic mass is 9.90. The SMILES string of the molecule is CNc1nn2c(c1S(=O)(=O)c1ccccc1)N=C(C)CC2(C)CCN. The van der Waals surface area contributed by atoms with Crippen molar-refractivity contribution < 1.29 is 8.42 Å². The van der Waals surface area contributed by atoms with E-state index in [9.17, 15) is 8.42 Å². The number of anilines is 1. The van der Waals surface area contributed by atoms with E-state index in [0.717, 1.165) is 5.71 Å². The minimum atomic E-state index is -3.75. The molecule has 25 heavy (non-hydrogen) atoms. The van der Waals surface area contributed by atoms with E-state index in [-0.39, 0.29) is 9.79 Å². The van der Waals surface area contributed by atoms with E-state index in [1.165, 1.54) is 0 Å². The summed E-state index contributed by atoms with van der Waals surface area (Å²) in [6, 6.07) is 8.35. The summed E-state index contributed by atoms with van der Waals surface area (Å²) in [5.41, 5.74) is 6.26. The molecule has 1 aromatic heterocycles. The van der Waals surface area contributed by atoms with Gasteiger partial charge in [-0.15, -0.1) is 0 Å². The van der Waals surface area contributed by atoms with E-state index in [0.29, 0.717) is 31.0 Å². The topological polar surface area (TPSA) is 102 Å². The van der Waals surface area contributed by atoms with Gasteiger partial charge in [0.2, 0.25) is 9.84 Å². The summed E-state index contributed by atoms with van der Waals surface area (Å²) < 4.78 is 28.2. The van der Waals surface area contributed by atoms with Crippen LogP contribution in [0.25, 0.3) is 0 Å². The molecular weight excluding hydrogens is 338 g/mol. The second kappa shape index (κ2) is 6.27. The number of hydrogen-bond acceptors (Lipinski definition) is 6. The Balaban J connectivity index is 2.29. The molecule has 0 saturated carbocycles. The van der Waals surface area contributed by atoms with E-state index in [2.05, 4.69) is 15.4 Å². The van der Waals surface area contributed by atoms with Crippen molar-refractivity contribution in [2.45, 2.75) is 42.0 Å². The summed E-state index contributed by atoms with van der Waals surface area (Å²) >= 11 is 0. The number of aromatic nitrogens is 2. The second-order valence-corrected chi connectivity index (χ2v) is 8.43. The van der Waals surface area contributed by atoms with Crippen LogP contribution >= 0.6 is 0 Å². The molecule has 0 aliphatic carbocycles. The zero-order valence-electron chi connectivity index (χ0n) is 14.7. The zero-order valence-corrected chi connectivity index (χ0v) is 15.5. The fourth-order valence-corrected chi connectivity index (χ4v) is 4.87. The number of sulfone groups is 1. The number of nitrogens with two attached hydrogens (primary N) is 1. The van der Waals surface area contributed by atoms with Gasteiger partial charge >= 0.3 is 0 Å². The van der Waals surface area contributed by atoms with E-state index in [1.54, 1.807) is 42.1 Å². The molecular formula is C17H23N5O2S. The zero-order chi connectivity index (χ0) is 18.2. The molecule has 0 fully saturated rings. The Kier molecular flexibility index (Phi) is 4.42. The van der Waals surface area contributed by atoms with Crippen LogP contribution in [-0.2, 0) is 15.4 Å².